The molecule has 2 N–H and O–H groups in total. The number of hydrogen-bond acceptors (Lipinski definition) is 6. The molecule has 1 aliphatic heterocycles. The van der Waals surface area contributed by atoms with Gasteiger partial charge in [-0.1, -0.05) is 38.7 Å². The average molecular weight is 611 g/mol. The summed E-state index contributed by atoms with van der Waals surface area (Å²) >= 11 is 0. The summed E-state index contributed by atoms with van der Waals surface area (Å²) in [6, 6.07) is 5.35. The lowest BCUT2D eigenvalue weighted by atomic mass is 9.81. The van der Waals surface area contributed by atoms with E-state index in [4.69, 9.17) is 0 Å². The van der Waals surface area contributed by atoms with E-state index in [-0.39, 0.29) is 54.4 Å². The minimum Gasteiger partial charge on any atom is -0.344 e. The number of aryl methyl sites for hydroxylation is 1. The zero-order valence-corrected chi connectivity index (χ0v) is 26.3. The summed E-state index contributed by atoms with van der Waals surface area (Å²) < 4.78 is 17.1. The van der Waals surface area contributed by atoms with E-state index in [1.165, 1.54) is 12.1 Å². The number of halogens is 1. The third kappa shape index (κ3) is 8.74. The summed E-state index contributed by atoms with van der Waals surface area (Å²) in [5, 5.41) is 9.78. The molecule has 0 spiro atoms. The molecule has 1 aromatic carbocycles. The van der Waals surface area contributed by atoms with E-state index in [0.29, 0.717) is 30.9 Å². The maximum absolute atomic E-state index is 15.5. The highest BCUT2D eigenvalue weighted by molar-refractivity contribution is 6.00. The SMILES string of the molecule is CCC(=O)N[C@H](Cc1ccc(NC(=O)[C@@H](CC(=O)c2ccnn2CC)C2CCCCCC2)c(F)c1)C(=O)N1CCN(C)CC1. The molecular weight excluding hydrogens is 563 g/mol. The average Bonchev–Trinajstić information content (AvgIpc) is 3.35. The summed E-state index contributed by atoms with van der Waals surface area (Å²) in [6.45, 7) is 6.82. The van der Waals surface area contributed by atoms with E-state index in [1.54, 1.807) is 34.8 Å². The van der Waals surface area contributed by atoms with Crippen molar-refractivity contribution in [1.82, 2.24) is 24.9 Å². The third-order valence-electron chi connectivity index (χ3n) is 9.01. The lowest BCUT2D eigenvalue weighted by molar-refractivity contribution is -0.137. The van der Waals surface area contributed by atoms with E-state index in [2.05, 4.69) is 20.6 Å². The van der Waals surface area contributed by atoms with Gasteiger partial charge in [-0.2, -0.15) is 5.10 Å². The van der Waals surface area contributed by atoms with E-state index < -0.39 is 17.8 Å². The van der Waals surface area contributed by atoms with Crippen LogP contribution in [0, 0.1) is 17.7 Å². The molecule has 0 bridgehead atoms. The van der Waals surface area contributed by atoms with Crippen molar-refractivity contribution in [3.05, 3.63) is 47.5 Å². The van der Waals surface area contributed by atoms with Gasteiger partial charge in [-0.15, -0.1) is 0 Å². The van der Waals surface area contributed by atoms with Crippen LogP contribution < -0.4 is 10.6 Å². The van der Waals surface area contributed by atoms with Gasteiger partial charge in [-0.05, 0) is 56.5 Å². The van der Waals surface area contributed by atoms with Crippen LogP contribution in [0.25, 0.3) is 0 Å². The topological polar surface area (TPSA) is 117 Å². The van der Waals surface area contributed by atoms with Gasteiger partial charge in [0.1, 0.15) is 17.6 Å². The van der Waals surface area contributed by atoms with Crippen LogP contribution in [0.1, 0.15) is 81.3 Å². The lowest BCUT2D eigenvalue weighted by Crippen LogP contribution is -2.54. The van der Waals surface area contributed by atoms with Gasteiger partial charge in [0.2, 0.25) is 17.7 Å². The summed E-state index contributed by atoms with van der Waals surface area (Å²) in [7, 11) is 2.00. The number of ketones is 1. The number of carbonyl (C=O) groups excluding carboxylic acids is 4. The first kappa shape index (κ1) is 33.3. The summed E-state index contributed by atoms with van der Waals surface area (Å²) in [4.78, 5) is 56.5. The van der Waals surface area contributed by atoms with Crippen molar-refractivity contribution in [2.24, 2.45) is 11.8 Å². The largest absolute Gasteiger partial charge is 0.344 e. The van der Waals surface area contributed by atoms with Crippen molar-refractivity contribution in [2.75, 3.05) is 38.5 Å². The number of amides is 3. The lowest BCUT2D eigenvalue weighted by Gasteiger charge is -2.34. The molecule has 11 heteroatoms. The number of Topliss-reactive ketones (excluding diaryl/α,β-unsaturated/α-hetero) is 1. The van der Waals surface area contributed by atoms with Gasteiger partial charge in [0.05, 0.1) is 5.69 Å². The normalized spacial score (nSPS) is 17.9. The van der Waals surface area contributed by atoms with Crippen LogP contribution in [0.15, 0.2) is 30.5 Å². The van der Waals surface area contributed by atoms with Crippen molar-refractivity contribution < 1.29 is 23.6 Å². The van der Waals surface area contributed by atoms with Gasteiger partial charge in [0.25, 0.3) is 0 Å². The molecule has 2 heterocycles. The predicted octanol–water partition coefficient (Wildman–Crippen LogP) is 4.05. The zero-order chi connectivity index (χ0) is 31.6. The number of rotatable bonds is 12. The zero-order valence-electron chi connectivity index (χ0n) is 26.3. The van der Waals surface area contributed by atoms with E-state index in [0.717, 1.165) is 51.6 Å². The second kappa shape index (κ2) is 15.9. The molecule has 3 amide bonds. The van der Waals surface area contributed by atoms with Crippen LogP contribution >= 0.6 is 0 Å². The number of hydrogen-bond donors (Lipinski definition) is 2. The Morgan fingerprint density at radius 2 is 1.70 bits per heavy atom. The van der Waals surface area contributed by atoms with Gasteiger partial charge in [-0.3, -0.25) is 23.9 Å². The number of nitrogens with one attached hydrogen (secondary N) is 2. The molecule has 2 fully saturated rings. The fourth-order valence-electron chi connectivity index (χ4n) is 6.30. The maximum atomic E-state index is 15.5. The Labute approximate surface area is 259 Å². The van der Waals surface area contributed by atoms with Gasteiger partial charge in [0, 0.05) is 64.1 Å². The van der Waals surface area contributed by atoms with Gasteiger partial charge in [0.15, 0.2) is 5.78 Å². The molecular formula is C33H47FN6O4. The first-order valence-electron chi connectivity index (χ1n) is 16.1. The Morgan fingerprint density at radius 1 is 1.00 bits per heavy atom. The monoisotopic (exact) mass is 610 g/mol. The van der Waals surface area contributed by atoms with Crippen LogP contribution in [0.3, 0.4) is 0 Å². The van der Waals surface area contributed by atoms with Crippen LogP contribution in [-0.2, 0) is 27.3 Å². The molecule has 1 aromatic heterocycles. The molecule has 1 aliphatic carbocycles. The molecule has 2 atom stereocenters. The number of likely N-dealkylation sites (N-methyl/N-ethyl adjacent to an activating group) is 1. The number of benzene rings is 1. The van der Waals surface area contributed by atoms with Crippen LogP contribution in [0.4, 0.5) is 10.1 Å². The molecule has 2 aliphatic rings. The van der Waals surface area contributed by atoms with Crippen LogP contribution in [0.5, 0.6) is 0 Å². The fraction of sp³-hybridized carbons (Fsp3) is 0.606. The summed E-state index contributed by atoms with van der Waals surface area (Å²) in [5.74, 6) is -2.12. The Hall–Kier alpha value is -3.60. The summed E-state index contributed by atoms with van der Waals surface area (Å²) in [6.07, 6.45) is 7.91. The third-order valence-corrected chi connectivity index (χ3v) is 9.01. The molecule has 1 saturated heterocycles. The van der Waals surface area contributed by atoms with Crippen molar-refractivity contribution in [1.29, 1.82) is 0 Å². The van der Waals surface area contributed by atoms with E-state index in [1.807, 2.05) is 14.0 Å². The van der Waals surface area contributed by atoms with Crippen LogP contribution in [-0.4, -0.2) is 82.4 Å². The molecule has 10 nitrogen and oxygen atoms in total. The van der Waals surface area contributed by atoms with Crippen molar-refractivity contribution in [3.8, 4) is 0 Å². The minimum atomic E-state index is -0.812. The number of nitrogens with zero attached hydrogens (tertiary/aromatic N) is 4. The smallest absolute Gasteiger partial charge is 0.245 e. The van der Waals surface area contributed by atoms with Gasteiger partial charge in [-0.25, -0.2) is 4.39 Å². The first-order valence-corrected chi connectivity index (χ1v) is 16.1. The van der Waals surface area contributed by atoms with E-state index >= 15 is 4.39 Å². The predicted molar refractivity (Wildman–Crippen MR) is 167 cm³/mol. The molecule has 44 heavy (non-hydrogen) atoms. The van der Waals surface area contributed by atoms with Crippen LogP contribution in [0.2, 0.25) is 0 Å². The number of aromatic nitrogens is 2. The van der Waals surface area contributed by atoms with Crippen molar-refractivity contribution >= 4 is 29.2 Å². The number of piperazine rings is 1. The van der Waals surface area contributed by atoms with E-state index in [9.17, 15) is 19.2 Å². The standard InChI is InChI=1S/C33H47FN6O4/c1-4-31(42)36-28(33(44)39-18-16-38(3)17-19-39)21-23-12-13-27(26(34)20-23)37-32(43)25(24-10-8-6-7-9-11-24)22-30(41)29-14-15-35-40(29)5-2/h12-15,20,24-25,28H,4-11,16-19,21-22H2,1-3H3,(H,36,42)(H,37,43)/t25-,28+/m0/s1. The molecule has 240 valence electrons. The second-order valence-electron chi connectivity index (χ2n) is 12.1. The van der Waals surface area contributed by atoms with Gasteiger partial charge < -0.3 is 20.4 Å². The van der Waals surface area contributed by atoms with Crippen molar-refractivity contribution in [3.63, 3.8) is 0 Å². The number of anilines is 1. The fourth-order valence-corrected chi connectivity index (χ4v) is 6.30. The molecule has 0 unspecified atom stereocenters. The molecule has 1 saturated carbocycles. The minimum absolute atomic E-state index is 0.0305. The highest BCUT2D eigenvalue weighted by atomic mass is 19.1. The Kier molecular flexibility index (Phi) is 12.1. The molecule has 4 rings (SSSR count). The molecule has 0 radical (unpaired) electrons. The Morgan fingerprint density at radius 3 is 2.34 bits per heavy atom. The first-order chi connectivity index (χ1) is 21.2. The second-order valence-corrected chi connectivity index (χ2v) is 12.1. The quantitative estimate of drug-likeness (QED) is 0.277. The maximum Gasteiger partial charge on any atom is 0.245 e. The number of carbonyl (C=O) groups is 4. The highest BCUT2D eigenvalue weighted by Crippen LogP contribution is 2.33. The molecule has 2 aromatic rings. The Bertz CT molecular complexity index is 1300. The van der Waals surface area contributed by atoms with Gasteiger partial charge >= 0.3 is 0 Å². The highest BCUT2D eigenvalue weighted by Gasteiger charge is 2.33. The Balaban J connectivity index is 1.48. The van der Waals surface area contributed by atoms with Crippen molar-refractivity contribution in [2.45, 2.75) is 84.2 Å². The summed E-state index contributed by atoms with van der Waals surface area (Å²) in [5.41, 5.74) is 1.04.